The molecule has 2 fully saturated rings. The van der Waals surface area contributed by atoms with Crippen molar-refractivity contribution in [1.29, 1.82) is 0 Å². The van der Waals surface area contributed by atoms with Crippen molar-refractivity contribution in [2.75, 3.05) is 39.0 Å². The predicted octanol–water partition coefficient (Wildman–Crippen LogP) is 2.25. The molecule has 0 unspecified atom stereocenters. The first-order valence-electron chi connectivity index (χ1n) is 23.3. The van der Waals surface area contributed by atoms with E-state index in [9.17, 15) is 43.2 Å². The van der Waals surface area contributed by atoms with Gasteiger partial charge in [0.1, 0.15) is 23.8 Å². The first-order valence-corrected chi connectivity index (χ1v) is 23.3. The average Bonchev–Trinajstić information content (AvgIpc) is 3.77. The Morgan fingerprint density at radius 2 is 1.46 bits per heavy atom. The number of likely N-dealkylation sites (N-methyl/N-ethyl adjacent to an activating group) is 1. The lowest BCUT2D eigenvalue weighted by molar-refractivity contribution is -0.141. The molecule has 3 aromatic rings. The van der Waals surface area contributed by atoms with Crippen LogP contribution in [-0.4, -0.2) is 131 Å². The molecule has 0 bridgehead atoms. The van der Waals surface area contributed by atoms with Gasteiger partial charge in [0.2, 0.25) is 35.3 Å². The first kappa shape index (κ1) is 52.7. The summed E-state index contributed by atoms with van der Waals surface area (Å²) in [6, 6.07) is 10.9. The van der Waals surface area contributed by atoms with Gasteiger partial charge in [0.05, 0.1) is 30.7 Å². The third-order valence-corrected chi connectivity index (χ3v) is 12.2. The highest BCUT2D eigenvalue weighted by Gasteiger charge is 2.45. The molecule has 5 rings (SSSR count). The Bertz CT molecular complexity index is 2290. The number of Topliss-reactive ketones (excluding diaryl/α,β-unsaturated/α-hetero) is 1. The Kier molecular flexibility index (Phi) is 18.9. The summed E-state index contributed by atoms with van der Waals surface area (Å²) in [6.07, 6.45) is 8.56. The first-order chi connectivity index (χ1) is 32.9. The standard InChI is InChI=1S/C49H65N11O9/c1-7-17-34(40(62)45(66)52-27-37(61)56-39(47(68)59(5)6)31-20-13-9-14-21-31)54-42(63)33-28-60(48(69)53-32-22-15-10-16-23-32)29-36(33)55-46(67)41(49(2,3)4)58-44(65)38(30-18-11-8-12-19-30)57-43(64)35-26-50-24-25-51-35/h9-10,13-16,20-26,30,33-34,36,38-39,41H,7-8,11-12,17-19,27-29H2,1-6H3,(H,52,66)(H,53,69)(H,54,63)(H,55,67)(H,56,61)(H,57,64)(H,58,65)/t33-,34+,36+,38+,39+,41-/m1/s1. The lowest BCUT2D eigenvalue weighted by Gasteiger charge is -2.35. The molecule has 2 heterocycles. The van der Waals surface area contributed by atoms with Crippen LogP contribution in [0.3, 0.4) is 0 Å². The van der Waals surface area contributed by atoms with Crippen molar-refractivity contribution < 1.29 is 43.2 Å². The second-order valence-electron chi connectivity index (χ2n) is 18.7. The van der Waals surface area contributed by atoms with Crippen LogP contribution < -0.4 is 37.2 Å². The zero-order valence-electron chi connectivity index (χ0n) is 40.1. The summed E-state index contributed by atoms with van der Waals surface area (Å²) in [5.41, 5.74) is 0.122. The molecule has 6 atom stereocenters. The fraction of sp³-hybridized carbons (Fsp3) is 0.490. The number of carbonyl (C=O) groups excluding carboxylic acids is 9. The number of anilines is 1. The minimum Gasteiger partial charge on any atom is -0.349 e. The molecular weight excluding hydrogens is 887 g/mol. The Morgan fingerprint density at radius 3 is 2.07 bits per heavy atom. The van der Waals surface area contributed by atoms with Crippen LogP contribution in [0.15, 0.2) is 79.3 Å². The maximum absolute atomic E-state index is 14.5. The molecule has 20 nitrogen and oxygen atoms in total. The van der Waals surface area contributed by atoms with E-state index in [0.29, 0.717) is 30.5 Å². The highest BCUT2D eigenvalue weighted by Crippen LogP contribution is 2.29. The van der Waals surface area contributed by atoms with Crippen molar-refractivity contribution >= 4 is 58.9 Å². The molecule has 0 radical (unpaired) electrons. The molecule has 9 amide bonds. The van der Waals surface area contributed by atoms with Crippen molar-refractivity contribution in [3.05, 3.63) is 90.5 Å². The van der Waals surface area contributed by atoms with Gasteiger partial charge in [0.15, 0.2) is 0 Å². The number of hydrogen-bond donors (Lipinski definition) is 7. The number of carbonyl (C=O) groups is 9. The summed E-state index contributed by atoms with van der Waals surface area (Å²) in [5, 5.41) is 19.0. The van der Waals surface area contributed by atoms with E-state index in [1.165, 1.54) is 42.5 Å². The summed E-state index contributed by atoms with van der Waals surface area (Å²) >= 11 is 0. The van der Waals surface area contributed by atoms with Gasteiger partial charge in [-0.05, 0) is 48.3 Å². The SMILES string of the molecule is CCC[C@H](NC(=O)[C@@H]1CN(C(=O)Nc2ccccc2)C[C@@H]1NC(=O)[C@@H](NC(=O)[C@@H](NC(=O)c1cnccn1)C1CCCCC1)C(C)(C)C)C(=O)C(=O)NCC(=O)N[C@H](C(=O)N(C)C)c1ccccc1. The third kappa shape index (κ3) is 14.9. The van der Waals surface area contributed by atoms with Gasteiger partial charge in [0, 0.05) is 45.3 Å². The second-order valence-corrected chi connectivity index (χ2v) is 18.7. The number of ketones is 1. The van der Waals surface area contributed by atoms with Crippen LogP contribution in [0.25, 0.3) is 0 Å². The minimum atomic E-state index is -1.35. The molecule has 1 aliphatic heterocycles. The van der Waals surface area contributed by atoms with Crippen LogP contribution >= 0.6 is 0 Å². The van der Waals surface area contributed by atoms with Crippen LogP contribution in [0, 0.1) is 17.3 Å². The van der Waals surface area contributed by atoms with Crippen molar-refractivity contribution in [3.8, 4) is 0 Å². The van der Waals surface area contributed by atoms with Gasteiger partial charge < -0.3 is 47.0 Å². The molecule has 1 aromatic heterocycles. The fourth-order valence-electron chi connectivity index (χ4n) is 8.42. The number of nitrogens with zero attached hydrogens (tertiary/aromatic N) is 4. The molecular formula is C49H65N11O9. The monoisotopic (exact) mass is 951 g/mol. The maximum Gasteiger partial charge on any atom is 0.321 e. The summed E-state index contributed by atoms with van der Waals surface area (Å²) in [5.74, 6) is -7.26. The van der Waals surface area contributed by atoms with Crippen LogP contribution in [0.4, 0.5) is 10.5 Å². The number of likely N-dealkylation sites (tertiary alicyclic amines) is 1. The zero-order valence-corrected chi connectivity index (χ0v) is 40.1. The number of amides is 9. The van der Waals surface area contributed by atoms with E-state index in [0.717, 1.165) is 19.3 Å². The molecule has 370 valence electrons. The van der Waals surface area contributed by atoms with Gasteiger partial charge in [0.25, 0.3) is 11.8 Å². The minimum absolute atomic E-state index is 0.0284. The number of hydrogen-bond acceptors (Lipinski definition) is 11. The van der Waals surface area contributed by atoms with E-state index in [2.05, 4.69) is 47.2 Å². The van der Waals surface area contributed by atoms with E-state index in [4.69, 9.17) is 0 Å². The molecule has 2 aliphatic rings. The lowest BCUT2D eigenvalue weighted by atomic mass is 9.82. The Morgan fingerprint density at radius 1 is 0.797 bits per heavy atom. The average molecular weight is 952 g/mol. The largest absolute Gasteiger partial charge is 0.349 e. The number of rotatable bonds is 19. The highest BCUT2D eigenvalue weighted by atomic mass is 16.2. The zero-order chi connectivity index (χ0) is 50.3. The summed E-state index contributed by atoms with van der Waals surface area (Å²) in [6.45, 7) is 6.02. The van der Waals surface area contributed by atoms with Crippen LogP contribution in [0.1, 0.15) is 94.7 Å². The Hall–Kier alpha value is -7.25. The predicted molar refractivity (Wildman–Crippen MR) is 255 cm³/mol. The van der Waals surface area contributed by atoms with Gasteiger partial charge in [-0.15, -0.1) is 0 Å². The molecule has 1 saturated carbocycles. The summed E-state index contributed by atoms with van der Waals surface area (Å²) in [7, 11) is 3.08. The third-order valence-electron chi connectivity index (χ3n) is 12.2. The van der Waals surface area contributed by atoms with E-state index in [1.807, 2.05) is 0 Å². The Balaban J connectivity index is 1.32. The molecule has 1 aliphatic carbocycles. The smallest absolute Gasteiger partial charge is 0.321 e. The van der Waals surface area contributed by atoms with Crippen LogP contribution in [0.2, 0.25) is 0 Å². The van der Waals surface area contributed by atoms with Crippen molar-refractivity contribution in [3.63, 3.8) is 0 Å². The quantitative estimate of drug-likeness (QED) is 0.0857. The van der Waals surface area contributed by atoms with Crippen molar-refractivity contribution in [2.24, 2.45) is 17.3 Å². The second kappa shape index (κ2) is 24.7. The van der Waals surface area contributed by atoms with Crippen molar-refractivity contribution in [1.82, 2.24) is 51.7 Å². The van der Waals surface area contributed by atoms with Crippen molar-refractivity contribution in [2.45, 2.75) is 103 Å². The normalized spacial score (nSPS) is 17.7. The molecule has 69 heavy (non-hydrogen) atoms. The van der Waals surface area contributed by atoms with Gasteiger partial charge in [-0.1, -0.05) is 102 Å². The summed E-state index contributed by atoms with van der Waals surface area (Å²) in [4.78, 5) is 134. The number of urea groups is 1. The molecule has 2 aromatic carbocycles. The highest BCUT2D eigenvalue weighted by molar-refractivity contribution is 6.38. The van der Waals surface area contributed by atoms with E-state index in [1.54, 1.807) is 88.4 Å². The molecule has 20 heteroatoms. The maximum atomic E-state index is 14.5. The molecule has 0 spiro atoms. The number of benzene rings is 2. The van der Waals surface area contributed by atoms with Gasteiger partial charge >= 0.3 is 6.03 Å². The number of nitrogens with one attached hydrogen (secondary N) is 7. The topological polar surface area (TPSA) is 270 Å². The van der Waals surface area contributed by atoms with Gasteiger partial charge in [-0.2, -0.15) is 0 Å². The fourth-order valence-corrected chi connectivity index (χ4v) is 8.42. The number of para-hydroxylation sites is 1. The van der Waals surface area contributed by atoms with E-state index < -0.39 is 101 Å². The number of aromatic nitrogens is 2. The van der Waals surface area contributed by atoms with E-state index in [-0.39, 0.29) is 31.1 Å². The van der Waals surface area contributed by atoms with Crippen LogP contribution in [0.5, 0.6) is 0 Å². The van der Waals surface area contributed by atoms with Gasteiger partial charge in [-0.3, -0.25) is 43.3 Å². The van der Waals surface area contributed by atoms with Crippen LogP contribution in [-0.2, 0) is 33.6 Å². The summed E-state index contributed by atoms with van der Waals surface area (Å²) < 4.78 is 0. The molecule has 7 N–H and O–H groups in total. The lowest BCUT2D eigenvalue weighted by Crippen LogP contribution is -2.61. The molecule has 1 saturated heterocycles. The van der Waals surface area contributed by atoms with Gasteiger partial charge in [-0.25, -0.2) is 9.78 Å². The Labute approximate surface area is 402 Å². The van der Waals surface area contributed by atoms with E-state index >= 15 is 0 Å².